The number of ether oxygens (including phenoxy) is 1. The topological polar surface area (TPSA) is 73.2 Å². The molecule has 3 aromatic rings. The molecule has 2 aromatic carbocycles. The van der Waals surface area contributed by atoms with Crippen LogP contribution < -0.4 is 15.7 Å². The summed E-state index contributed by atoms with van der Waals surface area (Å²) >= 11 is 0. The third-order valence-electron chi connectivity index (χ3n) is 4.14. The van der Waals surface area contributed by atoms with Gasteiger partial charge in [-0.2, -0.15) is 4.98 Å². The summed E-state index contributed by atoms with van der Waals surface area (Å²) in [5, 5.41) is 2.82. The Hall–Kier alpha value is -3.41. The maximum Gasteiger partial charge on any atom is 0.348 e. The highest BCUT2D eigenvalue weighted by Crippen LogP contribution is 2.23. The third kappa shape index (κ3) is 4.41. The highest BCUT2D eigenvalue weighted by molar-refractivity contribution is 5.93. The van der Waals surface area contributed by atoms with Crippen molar-refractivity contribution in [3.8, 4) is 11.5 Å². The molecule has 0 aliphatic carbocycles. The highest BCUT2D eigenvalue weighted by Gasteiger charge is 2.18. The van der Waals surface area contributed by atoms with Crippen LogP contribution in [-0.4, -0.2) is 15.5 Å². The molecule has 1 amide bonds. The van der Waals surface area contributed by atoms with E-state index in [4.69, 9.17) is 4.74 Å². The summed E-state index contributed by atoms with van der Waals surface area (Å²) in [5.74, 6) is 1.12. The molecule has 6 nitrogen and oxygen atoms in total. The summed E-state index contributed by atoms with van der Waals surface area (Å²) < 4.78 is 7.12. The van der Waals surface area contributed by atoms with Crippen LogP contribution in [0.5, 0.6) is 11.5 Å². The monoisotopic (exact) mass is 363 g/mol. The van der Waals surface area contributed by atoms with Gasteiger partial charge in [0.1, 0.15) is 17.5 Å². The Morgan fingerprint density at radius 3 is 2.30 bits per heavy atom. The van der Waals surface area contributed by atoms with Gasteiger partial charge in [-0.05, 0) is 63.2 Å². The molecule has 1 N–H and O–H groups in total. The van der Waals surface area contributed by atoms with Crippen LogP contribution in [0.2, 0.25) is 0 Å². The van der Waals surface area contributed by atoms with Crippen molar-refractivity contribution >= 4 is 11.6 Å². The van der Waals surface area contributed by atoms with Gasteiger partial charge in [-0.1, -0.05) is 18.2 Å². The zero-order chi connectivity index (χ0) is 19.4. The Morgan fingerprint density at radius 1 is 1.04 bits per heavy atom. The van der Waals surface area contributed by atoms with Crippen LogP contribution in [0.4, 0.5) is 5.69 Å². The van der Waals surface area contributed by atoms with E-state index in [-0.39, 0.29) is 5.91 Å². The van der Waals surface area contributed by atoms with Gasteiger partial charge < -0.3 is 10.1 Å². The quantitative estimate of drug-likeness (QED) is 0.747. The molecule has 1 heterocycles. The maximum atomic E-state index is 12.5. The molecule has 0 fully saturated rings. The summed E-state index contributed by atoms with van der Waals surface area (Å²) in [7, 11) is 0. The van der Waals surface area contributed by atoms with Crippen LogP contribution in [0.25, 0.3) is 0 Å². The molecule has 3 rings (SSSR count). The first-order valence-corrected chi connectivity index (χ1v) is 8.64. The molecular weight excluding hydrogens is 342 g/mol. The lowest BCUT2D eigenvalue weighted by Gasteiger charge is -2.17. The lowest BCUT2D eigenvalue weighted by atomic mass is 10.2. The first-order chi connectivity index (χ1) is 12.9. The van der Waals surface area contributed by atoms with E-state index in [9.17, 15) is 9.59 Å². The van der Waals surface area contributed by atoms with E-state index < -0.39 is 11.7 Å². The van der Waals surface area contributed by atoms with Crippen LogP contribution in [0.15, 0.2) is 65.5 Å². The van der Waals surface area contributed by atoms with Gasteiger partial charge >= 0.3 is 5.69 Å². The molecule has 1 unspecified atom stereocenters. The van der Waals surface area contributed by atoms with Crippen molar-refractivity contribution in [3.05, 3.63) is 82.5 Å². The summed E-state index contributed by atoms with van der Waals surface area (Å²) in [6.45, 7) is 5.21. The largest absolute Gasteiger partial charge is 0.457 e. The average Bonchev–Trinajstić information content (AvgIpc) is 2.63. The maximum absolute atomic E-state index is 12.5. The van der Waals surface area contributed by atoms with Crippen molar-refractivity contribution in [3.63, 3.8) is 0 Å². The lowest BCUT2D eigenvalue weighted by Crippen LogP contribution is -2.34. The zero-order valence-corrected chi connectivity index (χ0v) is 15.5. The predicted octanol–water partition coefficient (Wildman–Crippen LogP) is 3.85. The van der Waals surface area contributed by atoms with E-state index in [1.807, 2.05) is 30.3 Å². The van der Waals surface area contributed by atoms with Gasteiger partial charge in [-0.25, -0.2) is 4.79 Å². The number of amides is 1. The molecule has 0 aliphatic rings. The highest BCUT2D eigenvalue weighted by atomic mass is 16.5. The molecule has 0 spiro atoms. The van der Waals surface area contributed by atoms with E-state index in [0.29, 0.717) is 22.8 Å². The van der Waals surface area contributed by atoms with E-state index >= 15 is 0 Å². The van der Waals surface area contributed by atoms with Crippen molar-refractivity contribution in [1.29, 1.82) is 0 Å². The number of aryl methyl sites for hydroxylation is 2. The fourth-order valence-electron chi connectivity index (χ4n) is 2.83. The van der Waals surface area contributed by atoms with Gasteiger partial charge in [0, 0.05) is 17.1 Å². The van der Waals surface area contributed by atoms with Gasteiger partial charge in [0.2, 0.25) is 5.91 Å². The second kappa shape index (κ2) is 7.86. The fraction of sp³-hybridized carbons (Fsp3) is 0.190. The van der Waals surface area contributed by atoms with Crippen LogP contribution in [0.1, 0.15) is 24.4 Å². The smallest absolute Gasteiger partial charge is 0.348 e. The van der Waals surface area contributed by atoms with Crippen LogP contribution >= 0.6 is 0 Å². The van der Waals surface area contributed by atoms with E-state index in [0.717, 1.165) is 5.75 Å². The molecule has 0 saturated heterocycles. The molecule has 0 bridgehead atoms. The molecule has 0 radical (unpaired) electrons. The second-order valence-corrected chi connectivity index (χ2v) is 6.30. The molecular formula is C21H21N3O3. The molecule has 0 aliphatic heterocycles. The number of para-hydroxylation sites is 1. The second-order valence-electron chi connectivity index (χ2n) is 6.30. The third-order valence-corrected chi connectivity index (χ3v) is 4.14. The number of nitrogens with zero attached hydrogens (tertiary/aromatic N) is 2. The van der Waals surface area contributed by atoms with Crippen molar-refractivity contribution in [2.45, 2.75) is 26.8 Å². The number of carbonyl (C=O) groups excluding carboxylic acids is 1. The molecule has 1 aromatic heterocycles. The van der Waals surface area contributed by atoms with Gasteiger partial charge in [0.25, 0.3) is 0 Å². The van der Waals surface area contributed by atoms with Gasteiger partial charge in [-0.15, -0.1) is 0 Å². The summed E-state index contributed by atoms with van der Waals surface area (Å²) in [4.78, 5) is 28.6. The molecule has 0 saturated carbocycles. The Balaban J connectivity index is 1.70. The first kappa shape index (κ1) is 18.4. The Kier molecular flexibility index (Phi) is 5.35. The van der Waals surface area contributed by atoms with Crippen molar-refractivity contribution in [1.82, 2.24) is 9.55 Å². The number of hydrogen-bond acceptors (Lipinski definition) is 4. The minimum absolute atomic E-state index is 0.289. The van der Waals surface area contributed by atoms with E-state index in [1.165, 1.54) is 4.57 Å². The summed E-state index contributed by atoms with van der Waals surface area (Å²) in [6, 6.07) is 17.6. The standard InChI is InChI=1S/C21H21N3O3/c1-14-13-15(2)24(21(26)22-14)16(3)20(25)23-17-9-11-19(12-10-17)27-18-7-5-4-6-8-18/h4-13,16H,1-3H3,(H,23,25). The Bertz CT molecular complexity index is 995. The van der Waals surface area contributed by atoms with Crippen molar-refractivity contribution in [2.24, 2.45) is 0 Å². The number of anilines is 1. The van der Waals surface area contributed by atoms with Gasteiger partial charge in [0.15, 0.2) is 0 Å². The Morgan fingerprint density at radius 2 is 1.67 bits per heavy atom. The van der Waals surface area contributed by atoms with Crippen LogP contribution in [-0.2, 0) is 4.79 Å². The molecule has 27 heavy (non-hydrogen) atoms. The normalized spacial score (nSPS) is 11.7. The first-order valence-electron chi connectivity index (χ1n) is 8.64. The number of rotatable bonds is 5. The van der Waals surface area contributed by atoms with E-state index in [1.54, 1.807) is 51.1 Å². The molecule has 1 atom stereocenters. The number of aromatic nitrogens is 2. The zero-order valence-electron chi connectivity index (χ0n) is 15.5. The van der Waals surface area contributed by atoms with Crippen LogP contribution in [0, 0.1) is 13.8 Å². The Labute approximate surface area is 157 Å². The lowest BCUT2D eigenvalue weighted by molar-refractivity contribution is -0.118. The summed E-state index contributed by atoms with van der Waals surface area (Å²) in [5.41, 5.74) is 1.52. The minimum Gasteiger partial charge on any atom is -0.457 e. The number of hydrogen-bond donors (Lipinski definition) is 1. The SMILES string of the molecule is Cc1cc(C)n(C(C)C(=O)Nc2ccc(Oc3ccccc3)cc2)c(=O)n1. The summed E-state index contributed by atoms with van der Waals surface area (Å²) in [6.07, 6.45) is 0. The van der Waals surface area contributed by atoms with E-state index in [2.05, 4.69) is 10.3 Å². The number of nitrogens with one attached hydrogen (secondary N) is 1. The minimum atomic E-state index is -0.675. The van der Waals surface area contributed by atoms with Crippen LogP contribution in [0.3, 0.4) is 0 Å². The number of benzene rings is 2. The van der Waals surface area contributed by atoms with Crippen molar-refractivity contribution < 1.29 is 9.53 Å². The van der Waals surface area contributed by atoms with Gasteiger partial charge in [0.05, 0.1) is 0 Å². The average molecular weight is 363 g/mol. The van der Waals surface area contributed by atoms with Crippen molar-refractivity contribution in [2.75, 3.05) is 5.32 Å². The molecule has 138 valence electrons. The number of carbonyl (C=O) groups is 1. The predicted molar refractivity (Wildman–Crippen MR) is 104 cm³/mol. The fourth-order valence-corrected chi connectivity index (χ4v) is 2.83. The van der Waals surface area contributed by atoms with Gasteiger partial charge in [-0.3, -0.25) is 9.36 Å². The molecule has 6 heteroatoms.